The Morgan fingerprint density at radius 2 is 1.87 bits per heavy atom. The molecule has 0 aromatic carbocycles. The second-order valence-electron chi connectivity index (χ2n) is 5.28. The molecule has 0 saturated heterocycles. The normalized spacial score (nSPS) is 13.1. The van der Waals surface area contributed by atoms with Crippen molar-refractivity contribution in [2.24, 2.45) is 4.99 Å². The van der Waals surface area contributed by atoms with Crippen molar-refractivity contribution in [1.82, 2.24) is 0 Å². The first-order chi connectivity index (χ1) is 6.77. The fourth-order valence-corrected chi connectivity index (χ4v) is 9.64. The molecule has 0 heterocycles. The van der Waals surface area contributed by atoms with Gasteiger partial charge < -0.3 is 4.12 Å². The summed E-state index contributed by atoms with van der Waals surface area (Å²) >= 11 is 0. The van der Waals surface area contributed by atoms with Crippen LogP contribution in [-0.2, 0) is 4.12 Å². The van der Waals surface area contributed by atoms with Crippen molar-refractivity contribution in [2.75, 3.05) is 6.54 Å². The number of nitrogens with zero attached hydrogens (tertiary/aromatic N) is 1. The Morgan fingerprint density at radius 3 is 2.33 bits per heavy atom. The summed E-state index contributed by atoms with van der Waals surface area (Å²) in [5.41, 5.74) is 0. The topological polar surface area (TPSA) is 21.6 Å². The highest BCUT2D eigenvalue weighted by Crippen LogP contribution is 2.19. The summed E-state index contributed by atoms with van der Waals surface area (Å²) in [6.45, 7) is 12.1. The van der Waals surface area contributed by atoms with Crippen molar-refractivity contribution >= 4 is 22.8 Å². The van der Waals surface area contributed by atoms with Crippen LogP contribution in [0.2, 0.25) is 38.8 Å². The Hall–Kier alpha value is -0.376. The van der Waals surface area contributed by atoms with Crippen molar-refractivity contribution in [2.45, 2.75) is 45.2 Å². The molecular formula is C11H23NOSi2. The van der Waals surface area contributed by atoms with Crippen LogP contribution in [0.3, 0.4) is 0 Å². The molecule has 15 heavy (non-hydrogen) atoms. The molecule has 0 aromatic heterocycles. The standard InChI is InChI=1S/C11H23NOSi2/c1-7-9-12-10-8-11-15(5,6)13-14(2,3)4/h1,9H,8,10-11H2,2-6H3. The molecular weight excluding hydrogens is 218 g/mol. The molecule has 0 radical (unpaired) electrons. The largest absolute Gasteiger partial charge is 0.456 e. The van der Waals surface area contributed by atoms with E-state index in [1.54, 1.807) is 0 Å². The molecule has 0 aromatic rings. The smallest absolute Gasteiger partial charge is 0.173 e. The first-order valence-corrected chi connectivity index (χ1v) is 11.9. The van der Waals surface area contributed by atoms with Crippen molar-refractivity contribution in [1.29, 1.82) is 0 Å². The van der Waals surface area contributed by atoms with Crippen LogP contribution in [0, 0.1) is 12.3 Å². The van der Waals surface area contributed by atoms with Gasteiger partial charge in [-0.15, -0.1) is 6.42 Å². The number of hydrogen-bond acceptors (Lipinski definition) is 2. The monoisotopic (exact) mass is 241 g/mol. The van der Waals surface area contributed by atoms with Gasteiger partial charge in [0.15, 0.2) is 16.6 Å². The molecule has 0 spiro atoms. The SMILES string of the molecule is C#CC=NCCC[Si](C)(C)O[Si](C)(C)C. The van der Waals surface area contributed by atoms with Crippen molar-refractivity contribution in [3.63, 3.8) is 0 Å². The van der Waals surface area contributed by atoms with Crippen molar-refractivity contribution < 1.29 is 4.12 Å². The molecule has 0 N–H and O–H groups in total. The maximum atomic E-state index is 6.22. The quantitative estimate of drug-likeness (QED) is 0.303. The highest BCUT2D eigenvalue weighted by atomic mass is 28.4. The Kier molecular flexibility index (Phi) is 6.10. The van der Waals surface area contributed by atoms with Crippen LogP contribution in [0.1, 0.15) is 6.42 Å². The zero-order valence-electron chi connectivity index (χ0n) is 10.6. The average molecular weight is 241 g/mol. The summed E-state index contributed by atoms with van der Waals surface area (Å²) in [4.78, 5) is 4.11. The molecule has 86 valence electrons. The van der Waals surface area contributed by atoms with E-state index in [0.29, 0.717) is 0 Å². The van der Waals surface area contributed by atoms with Crippen LogP contribution in [0.5, 0.6) is 0 Å². The minimum absolute atomic E-state index is 0.829. The predicted octanol–water partition coefficient (Wildman–Crippen LogP) is 3.14. The molecule has 4 heteroatoms. The lowest BCUT2D eigenvalue weighted by Crippen LogP contribution is -2.42. The molecule has 0 aliphatic heterocycles. The van der Waals surface area contributed by atoms with Gasteiger partial charge >= 0.3 is 0 Å². The zero-order valence-corrected chi connectivity index (χ0v) is 12.6. The fraction of sp³-hybridized carbons (Fsp3) is 0.727. The first-order valence-electron chi connectivity index (χ1n) is 5.41. The van der Waals surface area contributed by atoms with Gasteiger partial charge in [-0.1, -0.05) is 5.92 Å². The summed E-state index contributed by atoms with van der Waals surface area (Å²) in [5.74, 6) is 2.40. The van der Waals surface area contributed by atoms with Gasteiger partial charge in [0.1, 0.15) is 0 Å². The Balaban J connectivity index is 3.85. The average Bonchev–Trinajstić information content (AvgIpc) is 1.99. The molecule has 0 bridgehead atoms. The highest BCUT2D eigenvalue weighted by Gasteiger charge is 2.28. The van der Waals surface area contributed by atoms with Crippen LogP contribution in [0.15, 0.2) is 4.99 Å². The van der Waals surface area contributed by atoms with Crippen molar-refractivity contribution in [3.8, 4) is 12.3 Å². The molecule has 0 unspecified atom stereocenters. The summed E-state index contributed by atoms with van der Waals surface area (Å²) in [6.07, 6.45) is 7.69. The van der Waals surface area contributed by atoms with E-state index in [2.05, 4.69) is 43.6 Å². The highest BCUT2D eigenvalue weighted by molar-refractivity contribution is 6.84. The lowest BCUT2D eigenvalue weighted by Gasteiger charge is -2.31. The summed E-state index contributed by atoms with van der Waals surface area (Å²) in [7, 11) is -2.84. The van der Waals surface area contributed by atoms with Gasteiger partial charge in [0.2, 0.25) is 0 Å². The zero-order chi connectivity index (χ0) is 11.9. The summed E-state index contributed by atoms with van der Waals surface area (Å²) < 4.78 is 6.22. The molecule has 2 nitrogen and oxygen atoms in total. The summed E-state index contributed by atoms with van der Waals surface area (Å²) in [6, 6.07) is 1.17. The lowest BCUT2D eigenvalue weighted by atomic mass is 10.5. The third-order valence-electron chi connectivity index (χ3n) is 1.81. The number of hydrogen-bond donors (Lipinski definition) is 0. The Labute approximate surface area is 96.4 Å². The third-order valence-corrected chi connectivity index (χ3v) is 8.03. The van der Waals surface area contributed by atoms with Crippen LogP contribution in [-0.4, -0.2) is 29.4 Å². The second-order valence-corrected chi connectivity index (χ2v) is 14.3. The van der Waals surface area contributed by atoms with Gasteiger partial charge in [-0.2, -0.15) is 0 Å². The molecule has 0 atom stereocenters. The first kappa shape index (κ1) is 14.6. The minimum atomic E-state index is -1.46. The van der Waals surface area contributed by atoms with E-state index in [4.69, 9.17) is 10.5 Å². The molecule has 0 rings (SSSR count). The van der Waals surface area contributed by atoms with E-state index in [1.807, 2.05) is 0 Å². The lowest BCUT2D eigenvalue weighted by molar-refractivity contribution is 0.544. The van der Waals surface area contributed by atoms with E-state index in [-0.39, 0.29) is 0 Å². The van der Waals surface area contributed by atoms with Gasteiger partial charge in [-0.3, -0.25) is 4.99 Å². The maximum Gasteiger partial charge on any atom is 0.173 e. The van der Waals surface area contributed by atoms with Gasteiger partial charge in [0.25, 0.3) is 0 Å². The van der Waals surface area contributed by atoms with E-state index >= 15 is 0 Å². The Bertz CT molecular complexity index is 248. The van der Waals surface area contributed by atoms with Gasteiger partial charge in [0, 0.05) is 6.54 Å². The van der Waals surface area contributed by atoms with E-state index in [9.17, 15) is 0 Å². The number of rotatable bonds is 6. The van der Waals surface area contributed by atoms with Gasteiger partial charge in [-0.05, 0) is 45.2 Å². The molecule has 0 aliphatic carbocycles. The van der Waals surface area contributed by atoms with E-state index in [1.165, 1.54) is 12.3 Å². The summed E-state index contributed by atoms with van der Waals surface area (Å²) in [5, 5.41) is 0. The van der Waals surface area contributed by atoms with Crippen LogP contribution >= 0.6 is 0 Å². The minimum Gasteiger partial charge on any atom is -0.456 e. The molecule has 0 amide bonds. The molecule has 0 aliphatic rings. The molecule has 0 fully saturated rings. The van der Waals surface area contributed by atoms with E-state index in [0.717, 1.165) is 13.0 Å². The second kappa shape index (κ2) is 6.26. The van der Waals surface area contributed by atoms with Crippen molar-refractivity contribution in [3.05, 3.63) is 0 Å². The number of terminal acetylenes is 1. The van der Waals surface area contributed by atoms with Crippen LogP contribution < -0.4 is 0 Å². The van der Waals surface area contributed by atoms with Crippen LogP contribution in [0.4, 0.5) is 0 Å². The van der Waals surface area contributed by atoms with Gasteiger partial charge in [-0.25, -0.2) is 0 Å². The number of aliphatic imine (C=N–C) groups is 1. The third kappa shape index (κ3) is 9.92. The van der Waals surface area contributed by atoms with Crippen LogP contribution in [0.25, 0.3) is 0 Å². The van der Waals surface area contributed by atoms with Gasteiger partial charge in [0.05, 0.1) is 6.21 Å². The Morgan fingerprint density at radius 1 is 1.27 bits per heavy atom. The molecule has 0 saturated carbocycles. The predicted molar refractivity (Wildman–Crippen MR) is 73.5 cm³/mol. The van der Waals surface area contributed by atoms with E-state index < -0.39 is 16.6 Å². The maximum absolute atomic E-state index is 6.22. The fourth-order valence-electron chi connectivity index (χ4n) is 1.59.